The van der Waals surface area contributed by atoms with Gasteiger partial charge in [-0.15, -0.1) is 0 Å². The first-order chi connectivity index (χ1) is 9.63. The van der Waals surface area contributed by atoms with E-state index < -0.39 is 0 Å². The van der Waals surface area contributed by atoms with Crippen molar-refractivity contribution in [3.63, 3.8) is 0 Å². The van der Waals surface area contributed by atoms with E-state index in [1.165, 1.54) is 38.6 Å². The molecule has 0 aromatic carbocycles. The lowest BCUT2D eigenvalue weighted by Crippen LogP contribution is -2.46. The van der Waals surface area contributed by atoms with Gasteiger partial charge in [-0.1, -0.05) is 12.8 Å². The van der Waals surface area contributed by atoms with Gasteiger partial charge in [-0.3, -0.25) is 9.69 Å². The monoisotopic (exact) mass is 280 g/mol. The summed E-state index contributed by atoms with van der Waals surface area (Å²) in [7, 11) is 0. The molecule has 114 valence electrons. The molecule has 2 aliphatic heterocycles. The minimum Gasteiger partial charge on any atom is -0.364 e. The van der Waals surface area contributed by atoms with Crippen LogP contribution in [-0.2, 0) is 9.53 Å². The molecule has 0 bridgehead atoms. The summed E-state index contributed by atoms with van der Waals surface area (Å²) in [5, 5.41) is 2.98. The Hall–Kier alpha value is -0.610. The molecule has 1 aliphatic carbocycles. The largest absolute Gasteiger partial charge is 0.364 e. The van der Waals surface area contributed by atoms with E-state index >= 15 is 0 Å². The molecule has 3 aliphatic rings. The Morgan fingerprint density at radius 3 is 2.70 bits per heavy atom. The van der Waals surface area contributed by atoms with Gasteiger partial charge in [0.25, 0.3) is 0 Å². The molecule has 0 unspecified atom stereocenters. The third-order valence-electron chi connectivity index (χ3n) is 5.15. The normalized spacial score (nSPS) is 35.5. The Bertz CT molecular complexity index is 352. The molecule has 0 radical (unpaired) electrons. The number of hydrogen-bond donors (Lipinski definition) is 1. The Morgan fingerprint density at radius 1 is 1.25 bits per heavy atom. The van der Waals surface area contributed by atoms with Crippen LogP contribution in [0.25, 0.3) is 0 Å². The van der Waals surface area contributed by atoms with Crippen LogP contribution in [-0.4, -0.2) is 48.2 Å². The van der Waals surface area contributed by atoms with Crippen LogP contribution in [0.3, 0.4) is 0 Å². The van der Waals surface area contributed by atoms with Crippen molar-refractivity contribution >= 4 is 5.91 Å². The molecule has 3 atom stereocenters. The van der Waals surface area contributed by atoms with E-state index in [2.05, 4.69) is 10.2 Å². The van der Waals surface area contributed by atoms with Crippen LogP contribution in [0.4, 0.5) is 0 Å². The Morgan fingerprint density at radius 2 is 2.00 bits per heavy atom. The Balaban J connectivity index is 1.54. The number of hydrogen-bond acceptors (Lipinski definition) is 3. The zero-order valence-corrected chi connectivity index (χ0v) is 12.8. The van der Waals surface area contributed by atoms with Gasteiger partial charge in [-0.25, -0.2) is 0 Å². The van der Waals surface area contributed by atoms with Crippen LogP contribution in [0.2, 0.25) is 0 Å². The molecule has 4 nitrogen and oxygen atoms in total. The summed E-state index contributed by atoms with van der Waals surface area (Å²) in [5.74, 6) is 0.678. The predicted molar refractivity (Wildman–Crippen MR) is 78.5 cm³/mol. The number of nitrogens with zero attached hydrogens (tertiary/aromatic N) is 1. The van der Waals surface area contributed by atoms with Crippen LogP contribution < -0.4 is 5.32 Å². The summed E-state index contributed by atoms with van der Waals surface area (Å²) in [5.41, 5.74) is 0. The van der Waals surface area contributed by atoms with Gasteiger partial charge in [0.15, 0.2) is 0 Å². The SMILES string of the molecule is CC(C)NC(=O)[C@@H]1C[C@H]2CCN(C3CCCC3)C[C@H]2O1. The molecule has 3 rings (SSSR count). The molecule has 0 aromatic heterocycles. The highest BCUT2D eigenvalue weighted by Crippen LogP contribution is 2.36. The number of likely N-dealkylation sites (tertiary alicyclic amines) is 1. The molecule has 20 heavy (non-hydrogen) atoms. The highest BCUT2D eigenvalue weighted by Gasteiger charge is 2.43. The van der Waals surface area contributed by atoms with E-state index in [-0.39, 0.29) is 24.2 Å². The highest BCUT2D eigenvalue weighted by molar-refractivity contribution is 5.81. The fourth-order valence-electron chi connectivity index (χ4n) is 4.10. The van der Waals surface area contributed by atoms with Crippen molar-refractivity contribution in [2.45, 2.75) is 76.7 Å². The second-order valence-electron chi connectivity index (χ2n) is 7.04. The van der Waals surface area contributed by atoms with Crippen LogP contribution in [0.15, 0.2) is 0 Å². The number of nitrogens with one attached hydrogen (secondary N) is 1. The maximum absolute atomic E-state index is 12.1. The molecule has 1 N–H and O–H groups in total. The first-order valence-corrected chi connectivity index (χ1v) is 8.33. The van der Waals surface area contributed by atoms with Crippen molar-refractivity contribution in [1.82, 2.24) is 10.2 Å². The lowest BCUT2D eigenvalue weighted by molar-refractivity contribution is -0.133. The van der Waals surface area contributed by atoms with E-state index in [1.54, 1.807) is 0 Å². The summed E-state index contributed by atoms with van der Waals surface area (Å²) >= 11 is 0. The van der Waals surface area contributed by atoms with E-state index in [1.807, 2.05) is 13.8 Å². The van der Waals surface area contributed by atoms with Crippen molar-refractivity contribution in [3.8, 4) is 0 Å². The van der Waals surface area contributed by atoms with Crippen molar-refractivity contribution < 1.29 is 9.53 Å². The summed E-state index contributed by atoms with van der Waals surface area (Å²) in [6.07, 6.45) is 7.67. The third kappa shape index (κ3) is 3.01. The first kappa shape index (κ1) is 14.3. The molecular formula is C16H28N2O2. The minimum atomic E-state index is -0.212. The molecule has 1 amide bonds. The van der Waals surface area contributed by atoms with Gasteiger partial charge >= 0.3 is 0 Å². The van der Waals surface area contributed by atoms with Gasteiger partial charge in [0.1, 0.15) is 6.10 Å². The molecule has 0 spiro atoms. The van der Waals surface area contributed by atoms with E-state index in [0.717, 1.165) is 19.0 Å². The van der Waals surface area contributed by atoms with Gasteiger partial charge in [0.2, 0.25) is 5.91 Å². The fourth-order valence-corrected chi connectivity index (χ4v) is 4.10. The fraction of sp³-hybridized carbons (Fsp3) is 0.938. The molecule has 1 saturated carbocycles. The quantitative estimate of drug-likeness (QED) is 0.859. The Kier molecular flexibility index (Phi) is 4.32. The number of carbonyl (C=O) groups is 1. The zero-order valence-electron chi connectivity index (χ0n) is 12.8. The summed E-state index contributed by atoms with van der Waals surface area (Å²) in [6.45, 7) is 6.25. The van der Waals surface area contributed by atoms with Crippen molar-refractivity contribution in [3.05, 3.63) is 0 Å². The van der Waals surface area contributed by atoms with Gasteiger partial charge in [0, 0.05) is 18.6 Å². The second-order valence-corrected chi connectivity index (χ2v) is 7.04. The summed E-state index contributed by atoms with van der Waals surface area (Å²) in [4.78, 5) is 14.7. The molecule has 4 heteroatoms. The molecule has 2 heterocycles. The number of fused-ring (bicyclic) bond motifs is 1. The van der Waals surface area contributed by atoms with Gasteiger partial charge in [0.05, 0.1) is 6.10 Å². The molecule has 0 aromatic rings. The zero-order chi connectivity index (χ0) is 14.1. The third-order valence-corrected chi connectivity index (χ3v) is 5.15. The van der Waals surface area contributed by atoms with Crippen LogP contribution in [0.1, 0.15) is 52.4 Å². The van der Waals surface area contributed by atoms with Gasteiger partial charge < -0.3 is 10.1 Å². The van der Waals surface area contributed by atoms with E-state index in [9.17, 15) is 4.79 Å². The van der Waals surface area contributed by atoms with Gasteiger partial charge in [-0.05, 0) is 52.0 Å². The lowest BCUT2D eigenvalue weighted by Gasteiger charge is -2.37. The number of ether oxygens (including phenoxy) is 1. The number of amides is 1. The van der Waals surface area contributed by atoms with Gasteiger partial charge in [-0.2, -0.15) is 0 Å². The number of rotatable bonds is 3. The molecular weight excluding hydrogens is 252 g/mol. The molecule has 2 saturated heterocycles. The number of piperidine rings is 1. The predicted octanol–water partition coefficient (Wildman–Crippen LogP) is 1.93. The summed E-state index contributed by atoms with van der Waals surface area (Å²) in [6, 6.07) is 0.979. The van der Waals surface area contributed by atoms with Crippen LogP contribution >= 0.6 is 0 Å². The minimum absolute atomic E-state index is 0.0850. The highest BCUT2D eigenvalue weighted by atomic mass is 16.5. The summed E-state index contributed by atoms with van der Waals surface area (Å²) < 4.78 is 6.06. The van der Waals surface area contributed by atoms with Crippen molar-refractivity contribution in [1.29, 1.82) is 0 Å². The average molecular weight is 280 g/mol. The lowest BCUT2D eigenvalue weighted by atomic mass is 9.90. The smallest absolute Gasteiger partial charge is 0.249 e. The van der Waals surface area contributed by atoms with E-state index in [0.29, 0.717) is 5.92 Å². The Labute approximate surface area is 122 Å². The maximum atomic E-state index is 12.1. The van der Waals surface area contributed by atoms with E-state index in [4.69, 9.17) is 4.74 Å². The van der Waals surface area contributed by atoms with Crippen LogP contribution in [0.5, 0.6) is 0 Å². The van der Waals surface area contributed by atoms with Crippen molar-refractivity contribution in [2.24, 2.45) is 5.92 Å². The topological polar surface area (TPSA) is 41.6 Å². The average Bonchev–Trinajstić information content (AvgIpc) is 3.06. The maximum Gasteiger partial charge on any atom is 0.249 e. The van der Waals surface area contributed by atoms with Crippen molar-refractivity contribution in [2.75, 3.05) is 13.1 Å². The second kappa shape index (κ2) is 6.02. The first-order valence-electron chi connectivity index (χ1n) is 8.33. The number of carbonyl (C=O) groups excluding carboxylic acids is 1. The molecule has 3 fully saturated rings. The van der Waals surface area contributed by atoms with Crippen LogP contribution in [0, 0.1) is 5.92 Å². The standard InChI is InChI=1S/C16H28N2O2/c1-11(2)17-16(19)14-9-12-7-8-18(10-15(12)20-14)13-5-3-4-6-13/h11-15H,3-10H2,1-2H3,(H,17,19)/t12-,14+,15-/m1/s1.